The van der Waals surface area contributed by atoms with Gasteiger partial charge in [-0.25, -0.2) is 9.18 Å². The molecule has 0 spiro atoms. The number of nitrogens with one attached hydrogen (secondary N) is 1. The van der Waals surface area contributed by atoms with Gasteiger partial charge in [0, 0.05) is 41.2 Å². The van der Waals surface area contributed by atoms with E-state index in [0.29, 0.717) is 23.4 Å². The third kappa shape index (κ3) is 4.38. The number of methoxy groups -OCH3 is 1. The molecule has 1 atom stereocenters. The molecule has 0 aliphatic carbocycles. The lowest BCUT2D eigenvalue weighted by Crippen LogP contribution is -2.25. The maximum Gasteiger partial charge on any atom is 0.352 e. The number of halogens is 2. The van der Waals surface area contributed by atoms with E-state index in [2.05, 4.69) is 19.2 Å². The second-order valence-corrected chi connectivity index (χ2v) is 7.43. The van der Waals surface area contributed by atoms with E-state index in [0.717, 1.165) is 17.3 Å². The zero-order valence-corrected chi connectivity index (χ0v) is 17.4. The minimum absolute atomic E-state index is 0.185. The second kappa shape index (κ2) is 8.84. The average molecular weight is 419 g/mol. The number of hydrogen-bond donors (Lipinski definition) is 2. The first-order valence-corrected chi connectivity index (χ1v) is 9.83. The molecule has 0 amide bonds. The second-order valence-electron chi connectivity index (χ2n) is 7.03. The van der Waals surface area contributed by atoms with Gasteiger partial charge in [-0.15, -0.1) is 0 Å². The van der Waals surface area contributed by atoms with Crippen LogP contribution < -0.4 is 10.1 Å². The lowest BCUT2D eigenvalue weighted by molar-refractivity contribution is 0.0684. The Morgan fingerprint density at radius 1 is 1.31 bits per heavy atom. The van der Waals surface area contributed by atoms with E-state index >= 15 is 0 Å². The zero-order valence-electron chi connectivity index (χ0n) is 16.6. The Morgan fingerprint density at radius 2 is 2.07 bits per heavy atom. The fraction of sp³-hybridized carbons (Fsp3) is 0.318. The summed E-state index contributed by atoms with van der Waals surface area (Å²) in [4.78, 5) is 12.2. The highest BCUT2D eigenvalue weighted by Gasteiger charge is 2.23. The third-order valence-corrected chi connectivity index (χ3v) is 5.51. The van der Waals surface area contributed by atoms with Gasteiger partial charge < -0.3 is 19.7 Å². The van der Waals surface area contributed by atoms with Crippen LogP contribution in [0.25, 0.3) is 10.9 Å². The van der Waals surface area contributed by atoms with Gasteiger partial charge in [-0.2, -0.15) is 0 Å². The number of rotatable bonds is 8. The summed E-state index contributed by atoms with van der Waals surface area (Å²) in [6, 6.07) is 9.87. The standard InChI is InChI=1S/C22H24ClFN2O3/c1-4-13(2)25-11-18-17-8-7-16(29-3)10-20(17)26(21(18)22(27)28)12-14-5-6-15(24)9-19(14)23/h5-10,13,25H,4,11-12H2,1-3H3,(H,27,28)/t13-/m0/s1. The molecule has 5 nitrogen and oxygen atoms in total. The van der Waals surface area contributed by atoms with Crippen molar-refractivity contribution in [3.63, 3.8) is 0 Å². The fourth-order valence-electron chi connectivity index (χ4n) is 3.36. The lowest BCUT2D eigenvalue weighted by atomic mass is 10.1. The van der Waals surface area contributed by atoms with Gasteiger partial charge in [0.05, 0.1) is 12.6 Å². The number of ether oxygens (including phenoxy) is 1. The van der Waals surface area contributed by atoms with E-state index < -0.39 is 11.8 Å². The smallest absolute Gasteiger partial charge is 0.352 e. The molecule has 2 aromatic carbocycles. The van der Waals surface area contributed by atoms with Crippen molar-refractivity contribution in [2.24, 2.45) is 0 Å². The predicted octanol–water partition coefficient (Wildman–Crippen LogP) is 5.08. The van der Waals surface area contributed by atoms with Crippen molar-refractivity contribution < 1.29 is 19.0 Å². The fourth-order valence-corrected chi connectivity index (χ4v) is 3.58. The minimum Gasteiger partial charge on any atom is -0.497 e. The van der Waals surface area contributed by atoms with Crippen LogP contribution in [0.2, 0.25) is 5.02 Å². The monoisotopic (exact) mass is 418 g/mol. The number of benzene rings is 2. The van der Waals surface area contributed by atoms with E-state index in [1.807, 2.05) is 18.2 Å². The first-order chi connectivity index (χ1) is 13.8. The molecule has 3 rings (SSSR count). The summed E-state index contributed by atoms with van der Waals surface area (Å²) in [6.45, 7) is 4.75. The number of hydrogen-bond acceptors (Lipinski definition) is 3. The zero-order chi connectivity index (χ0) is 21.1. The topological polar surface area (TPSA) is 63.5 Å². The van der Waals surface area contributed by atoms with E-state index in [1.165, 1.54) is 12.1 Å². The first-order valence-electron chi connectivity index (χ1n) is 9.45. The van der Waals surface area contributed by atoms with Gasteiger partial charge in [-0.3, -0.25) is 0 Å². The Kier molecular flexibility index (Phi) is 6.45. The maximum atomic E-state index is 13.4. The van der Waals surface area contributed by atoms with Crippen LogP contribution in [0.3, 0.4) is 0 Å². The van der Waals surface area contributed by atoms with Crippen molar-refractivity contribution in [3.8, 4) is 5.75 Å². The summed E-state index contributed by atoms with van der Waals surface area (Å²) in [7, 11) is 1.56. The minimum atomic E-state index is -1.03. The number of aromatic nitrogens is 1. The normalized spacial score (nSPS) is 12.3. The summed E-state index contributed by atoms with van der Waals surface area (Å²) in [6.07, 6.45) is 0.931. The Balaban J connectivity index is 2.19. The van der Waals surface area contributed by atoms with Crippen molar-refractivity contribution in [1.29, 1.82) is 0 Å². The number of carbonyl (C=O) groups is 1. The molecule has 0 aliphatic heterocycles. The van der Waals surface area contributed by atoms with Gasteiger partial charge in [-0.05, 0) is 43.2 Å². The van der Waals surface area contributed by atoms with Crippen molar-refractivity contribution in [1.82, 2.24) is 9.88 Å². The maximum absolute atomic E-state index is 13.4. The molecule has 0 aliphatic rings. The van der Waals surface area contributed by atoms with Crippen LogP contribution in [0.1, 0.15) is 41.9 Å². The molecule has 29 heavy (non-hydrogen) atoms. The SMILES string of the molecule is CC[C@H](C)NCc1c(C(=O)O)n(Cc2ccc(F)cc2Cl)c2cc(OC)ccc12. The molecular weight excluding hydrogens is 395 g/mol. The molecule has 0 fully saturated rings. The number of carboxylic acids is 1. The molecule has 1 aromatic heterocycles. The number of fused-ring (bicyclic) bond motifs is 1. The highest BCUT2D eigenvalue weighted by molar-refractivity contribution is 6.31. The number of carboxylic acid groups (broad SMARTS) is 1. The van der Waals surface area contributed by atoms with Crippen LogP contribution >= 0.6 is 11.6 Å². The lowest BCUT2D eigenvalue weighted by Gasteiger charge is -2.13. The molecule has 3 aromatic rings. The van der Waals surface area contributed by atoms with Crippen LogP contribution in [-0.2, 0) is 13.1 Å². The van der Waals surface area contributed by atoms with Gasteiger partial charge in [-0.1, -0.05) is 24.6 Å². The molecule has 0 bridgehead atoms. The van der Waals surface area contributed by atoms with E-state index in [1.54, 1.807) is 17.7 Å². The van der Waals surface area contributed by atoms with Gasteiger partial charge >= 0.3 is 5.97 Å². The first kappa shape index (κ1) is 21.1. The van der Waals surface area contributed by atoms with Gasteiger partial charge in [0.2, 0.25) is 0 Å². The van der Waals surface area contributed by atoms with Gasteiger partial charge in [0.25, 0.3) is 0 Å². The summed E-state index contributed by atoms with van der Waals surface area (Å²) in [5, 5.41) is 14.5. The van der Waals surface area contributed by atoms with Crippen molar-refractivity contribution in [2.45, 2.75) is 39.4 Å². The largest absolute Gasteiger partial charge is 0.497 e. The van der Waals surface area contributed by atoms with E-state index in [9.17, 15) is 14.3 Å². The Hall–Kier alpha value is -2.57. The van der Waals surface area contributed by atoms with Crippen molar-refractivity contribution in [3.05, 3.63) is 64.1 Å². The Labute approximate surface area is 174 Å². The van der Waals surface area contributed by atoms with Crippen LogP contribution in [-0.4, -0.2) is 28.8 Å². The quantitative estimate of drug-likeness (QED) is 0.535. The third-order valence-electron chi connectivity index (χ3n) is 5.16. The van der Waals surface area contributed by atoms with Crippen LogP contribution in [0.15, 0.2) is 36.4 Å². The molecule has 1 heterocycles. The van der Waals surface area contributed by atoms with Crippen molar-refractivity contribution >= 4 is 28.5 Å². The number of aromatic carboxylic acids is 1. The molecule has 0 saturated heterocycles. The molecular formula is C22H24ClFN2O3. The molecule has 0 saturated carbocycles. The molecule has 7 heteroatoms. The van der Waals surface area contributed by atoms with Crippen LogP contribution in [0, 0.1) is 5.82 Å². The summed E-state index contributed by atoms with van der Waals surface area (Å²) in [5.41, 5.74) is 2.25. The predicted molar refractivity (Wildman–Crippen MR) is 113 cm³/mol. The van der Waals surface area contributed by atoms with Gasteiger partial charge in [0.15, 0.2) is 0 Å². The molecule has 0 unspecified atom stereocenters. The Bertz CT molecular complexity index is 1050. The van der Waals surface area contributed by atoms with Crippen LogP contribution in [0.4, 0.5) is 4.39 Å². The van der Waals surface area contributed by atoms with Crippen molar-refractivity contribution in [2.75, 3.05) is 7.11 Å². The molecule has 0 radical (unpaired) electrons. The van der Waals surface area contributed by atoms with Gasteiger partial charge in [0.1, 0.15) is 17.3 Å². The van der Waals surface area contributed by atoms with E-state index in [4.69, 9.17) is 16.3 Å². The molecule has 154 valence electrons. The highest BCUT2D eigenvalue weighted by atomic mass is 35.5. The van der Waals surface area contributed by atoms with E-state index in [-0.39, 0.29) is 23.3 Å². The molecule has 2 N–H and O–H groups in total. The summed E-state index contributed by atoms with van der Waals surface area (Å²) >= 11 is 6.21. The highest BCUT2D eigenvalue weighted by Crippen LogP contribution is 2.32. The average Bonchev–Trinajstić information content (AvgIpc) is 3.00. The van der Waals surface area contributed by atoms with Crippen LogP contribution in [0.5, 0.6) is 5.75 Å². The summed E-state index contributed by atoms with van der Waals surface area (Å²) < 4.78 is 20.5. The Morgan fingerprint density at radius 3 is 2.69 bits per heavy atom. The summed E-state index contributed by atoms with van der Waals surface area (Å²) in [5.74, 6) is -0.839. The number of nitrogens with zero attached hydrogens (tertiary/aromatic N) is 1.